The van der Waals surface area contributed by atoms with E-state index in [0.717, 1.165) is 15.6 Å². The first-order valence-electron chi connectivity index (χ1n) is 5.37. The maximum atomic E-state index is 10.8. The molecule has 2 rings (SSSR count). The summed E-state index contributed by atoms with van der Waals surface area (Å²) < 4.78 is 0.927. The van der Waals surface area contributed by atoms with Gasteiger partial charge in [-0.1, -0.05) is 46.3 Å². The van der Waals surface area contributed by atoms with Gasteiger partial charge in [-0.3, -0.25) is 9.78 Å². The minimum Gasteiger partial charge on any atom is -0.286 e. The van der Waals surface area contributed by atoms with E-state index in [-0.39, 0.29) is 0 Å². The molecule has 92 valence electrons. The van der Waals surface area contributed by atoms with E-state index in [9.17, 15) is 4.79 Å². The van der Waals surface area contributed by atoms with Gasteiger partial charge in [-0.15, -0.1) is 0 Å². The van der Waals surface area contributed by atoms with Gasteiger partial charge >= 0.3 is 5.97 Å². The first kappa shape index (κ1) is 12.6. The van der Waals surface area contributed by atoms with Crippen molar-refractivity contribution in [2.75, 3.05) is 0 Å². The monoisotopic (exact) mass is 306 g/mol. The fourth-order valence-corrected chi connectivity index (χ4v) is 1.88. The number of carbonyl (C=O) groups excluding carboxylic acids is 1. The van der Waals surface area contributed by atoms with Gasteiger partial charge in [-0.05, 0) is 23.8 Å². The van der Waals surface area contributed by atoms with E-state index in [4.69, 9.17) is 4.89 Å². The average molecular weight is 307 g/mol. The maximum absolute atomic E-state index is 10.8. The zero-order chi connectivity index (χ0) is 13.0. The van der Waals surface area contributed by atoms with E-state index in [0.29, 0.717) is 5.75 Å². The predicted molar refractivity (Wildman–Crippen MR) is 72.0 cm³/mol. The number of halogens is 1. The summed E-state index contributed by atoms with van der Waals surface area (Å²) in [7, 11) is 0. The summed E-state index contributed by atoms with van der Waals surface area (Å²) in [6.07, 6.45) is 0. The van der Waals surface area contributed by atoms with E-state index in [1.165, 1.54) is 6.92 Å². The molecule has 3 nitrogen and oxygen atoms in total. The molecule has 0 saturated carbocycles. The molecular formula is C14H11BrO3. The van der Waals surface area contributed by atoms with Crippen molar-refractivity contribution >= 4 is 21.9 Å². The largest absolute Gasteiger partial charge is 0.352 e. The van der Waals surface area contributed by atoms with Crippen LogP contribution in [0.2, 0.25) is 0 Å². The molecule has 0 radical (unpaired) electrons. The molecule has 0 aliphatic rings. The van der Waals surface area contributed by atoms with Crippen molar-refractivity contribution in [3.63, 3.8) is 0 Å². The van der Waals surface area contributed by atoms with Gasteiger partial charge in [0.05, 0.1) is 0 Å². The van der Waals surface area contributed by atoms with Gasteiger partial charge in [0.2, 0.25) is 0 Å². The Bertz CT molecular complexity index is 552. The molecule has 0 aliphatic carbocycles. The Morgan fingerprint density at radius 3 is 2.50 bits per heavy atom. The zero-order valence-corrected chi connectivity index (χ0v) is 11.3. The minimum absolute atomic E-state index is 0.489. The number of benzene rings is 2. The highest BCUT2D eigenvalue weighted by Crippen LogP contribution is 2.32. The normalized spacial score (nSPS) is 9.89. The van der Waals surface area contributed by atoms with Gasteiger partial charge in [0.25, 0.3) is 0 Å². The molecule has 0 aromatic heterocycles. The van der Waals surface area contributed by atoms with E-state index in [2.05, 4.69) is 20.8 Å². The molecule has 4 heteroatoms. The van der Waals surface area contributed by atoms with Crippen molar-refractivity contribution < 1.29 is 14.6 Å². The van der Waals surface area contributed by atoms with Crippen LogP contribution in [0.15, 0.2) is 53.0 Å². The highest BCUT2D eigenvalue weighted by atomic mass is 79.9. The van der Waals surface area contributed by atoms with Crippen molar-refractivity contribution in [2.45, 2.75) is 6.92 Å². The van der Waals surface area contributed by atoms with E-state index in [1.54, 1.807) is 6.07 Å². The first-order valence-corrected chi connectivity index (χ1v) is 6.16. The molecular weight excluding hydrogens is 296 g/mol. The van der Waals surface area contributed by atoms with Gasteiger partial charge in [0.1, 0.15) is 0 Å². The Morgan fingerprint density at radius 1 is 1.11 bits per heavy atom. The van der Waals surface area contributed by atoms with Gasteiger partial charge in [-0.25, -0.2) is 4.79 Å². The summed E-state index contributed by atoms with van der Waals surface area (Å²) in [5.74, 6) is 0.0107. The molecule has 0 amide bonds. The fraction of sp³-hybridized carbons (Fsp3) is 0.0714. The smallest absolute Gasteiger partial charge is 0.286 e. The van der Waals surface area contributed by atoms with Crippen LogP contribution in [0.3, 0.4) is 0 Å². The molecule has 0 saturated heterocycles. The summed E-state index contributed by atoms with van der Waals surface area (Å²) in [6.45, 7) is 1.29. The van der Waals surface area contributed by atoms with Gasteiger partial charge in [-0.2, -0.15) is 0 Å². The number of carbonyl (C=O) groups is 1. The number of hydrogen-bond donors (Lipinski definition) is 0. The Hall–Kier alpha value is -1.81. The third kappa shape index (κ3) is 3.11. The second-order valence-electron chi connectivity index (χ2n) is 3.66. The molecule has 18 heavy (non-hydrogen) atoms. The topological polar surface area (TPSA) is 35.5 Å². The van der Waals surface area contributed by atoms with Crippen LogP contribution in [-0.2, 0) is 9.68 Å². The lowest BCUT2D eigenvalue weighted by Crippen LogP contribution is -2.03. The van der Waals surface area contributed by atoms with Gasteiger partial charge in [0, 0.05) is 17.0 Å². The Morgan fingerprint density at radius 2 is 1.83 bits per heavy atom. The molecule has 0 atom stereocenters. The van der Waals surface area contributed by atoms with Crippen molar-refractivity contribution in [3.05, 3.63) is 53.0 Å². The van der Waals surface area contributed by atoms with Crippen LogP contribution < -0.4 is 4.89 Å². The third-order valence-corrected chi connectivity index (χ3v) is 2.77. The van der Waals surface area contributed by atoms with Crippen molar-refractivity contribution in [1.82, 2.24) is 0 Å². The second-order valence-corrected chi connectivity index (χ2v) is 4.58. The molecule has 0 unspecified atom stereocenters. The van der Waals surface area contributed by atoms with Gasteiger partial charge < -0.3 is 0 Å². The number of rotatable bonds is 3. The molecule has 0 aliphatic heterocycles. The standard InChI is InChI=1S/C14H11BrO3/c1-10(16)17-18-14-8-7-12(15)9-13(14)11-5-3-2-4-6-11/h2-9H,1H3. The van der Waals surface area contributed by atoms with Crippen LogP contribution in [0.4, 0.5) is 0 Å². The molecule has 0 bridgehead atoms. The highest BCUT2D eigenvalue weighted by Gasteiger charge is 2.09. The summed E-state index contributed by atoms with van der Waals surface area (Å²) in [4.78, 5) is 20.4. The summed E-state index contributed by atoms with van der Waals surface area (Å²) >= 11 is 3.41. The third-order valence-electron chi connectivity index (χ3n) is 2.28. The Kier molecular flexibility index (Phi) is 3.99. The zero-order valence-electron chi connectivity index (χ0n) is 9.72. The SMILES string of the molecule is CC(=O)OOc1ccc(Br)cc1-c1ccccc1. The van der Waals surface area contributed by atoms with Crippen molar-refractivity contribution in [1.29, 1.82) is 0 Å². The van der Waals surface area contributed by atoms with Gasteiger partial charge in [0.15, 0.2) is 5.75 Å². The lowest BCUT2D eigenvalue weighted by atomic mass is 10.1. The number of hydrogen-bond acceptors (Lipinski definition) is 3. The van der Waals surface area contributed by atoms with Crippen LogP contribution in [0, 0.1) is 0 Å². The van der Waals surface area contributed by atoms with Crippen LogP contribution in [0.5, 0.6) is 5.75 Å². The average Bonchev–Trinajstić information content (AvgIpc) is 2.38. The summed E-state index contributed by atoms with van der Waals surface area (Å²) in [5.41, 5.74) is 1.84. The summed E-state index contributed by atoms with van der Waals surface area (Å²) in [5, 5.41) is 0. The molecule has 2 aromatic carbocycles. The van der Waals surface area contributed by atoms with Crippen LogP contribution >= 0.6 is 15.9 Å². The Labute approximate surface area is 113 Å². The van der Waals surface area contributed by atoms with E-state index >= 15 is 0 Å². The van der Waals surface area contributed by atoms with Crippen LogP contribution in [0.1, 0.15) is 6.92 Å². The molecule has 0 spiro atoms. The summed E-state index contributed by atoms with van der Waals surface area (Å²) in [6, 6.07) is 15.2. The van der Waals surface area contributed by atoms with E-state index < -0.39 is 5.97 Å². The van der Waals surface area contributed by atoms with Crippen LogP contribution in [-0.4, -0.2) is 5.97 Å². The van der Waals surface area contributed by atoms with Crippen molar-refractivity contribution in [3.8, 4) is 16.9 Å². The lowest BCUT2D eigenvalue weighted by Gasteiger charge is -2.09. The highest BCUT2D eigenvalue weighted by molar-refractivity contribution is 9.10. The molecule has 2 aromatic rings. The molecule has 0 fully saturated rings. The maximum Gasteiger partial charge on any atom is 0.352 e. The van der Waals surface area contributed by atoms with E-state index in [1.807, 2.05) is 42.5 Å². The van der Waals surface area contributed by atoms with Crippen molar-refractivity contribution in [2.24, 2.45) is 0 Å². The predicted octanol–water partition coefficient (Wildman–Crippen LogP) is 3.97. The molecule has 0 heterocycles. The fourth-order valence-electron chi connectivity index (χ4n) is 1.52. The Balaban J connectivity index is 2.38. The van der Waals surface area contributed by atoms with Crippen LogP contribution in [0.25, 0.3) is 11.1 Å². The lowest BCUT2D eigenvalue weighted by molar-refractivity contribution is -0.210. The first-order chi connectivity index (χ1) is 8.66. The molecule has 0 N–H and O–H groups in total. The minimum atomic E-state index is -0.489. The second kappa shape index (κ2) is 5.69. The quantitative estimate of drug-likeness (QED) is 0.636.